The largest absolute Gasteiger partial charge is 0.365 e. The fraction of sp³-hybridized carbons (Fsp3) is 0.200. The second kappa shape index (κ2) is 5.91. The Hall–Kier alpha value is -1.56. The highest BCUT2D eigenvalue weighted by atomic mass is 35.5. The van der Waals surface area contributed by atoms with Crippen molar-refractivity contribution in [1.29, 1.82) is 0 Å². The second-order valence-electron chi connectivity index (χ2n) is 5.04. The number of carbonyl (C=O) groups is 2. The maximum atomic E-state index is 12.3. The lowest BCUT2D eigenvalue weighted by molar-refractivity contribution is 0.100. The van der Waals surface area contributed by atoms with E-state index in [9.17, 15) is 9.59 Å². The molecule has 0 fully saturated rings. The first kappa shape index (κ1) is 15.3. The summed E-state index contributed by atoms with van der Waals surface area (Å²) in [6.07, 6.45) is 2.75. The van der Waals surface area contributed by atoms with Crippen molar-refractivity contribution in [2.45, 2.75) is 19.3 Å². The van der Waals surface area contributed by atoms with Crippen molar-refractivity contribution in [2.75, 3.05) is 5.32 Å². The molecule has 1 aromatic heterocycles. The first-order chi connectivity index (χ1) is 10.5. The molecule has 0 radical (unpaired) electrons. The van der Waals surface area contributed by atoms with Gasteiger partial charge in [0.05, 0.1) is 5.56 Å². The van der Waals surface area contributed by atoms with Crippen LogP contribution in [0.3, 0.4) is 0 Å². The Kier molecular flexibility index (Phi) is 4.12. The maximum absolute atomic E-state index is 12.3. The van der Waals surface area contributed by atoms with Crippen LogP contribution < -0.4 is 11.1 Å². The summed E-state index contributed by atoms with van der Waals surface area (Å²) < 4.78 is 0. The number of hydrogen-bond donors (Lipinski definition) is 2. The van der Waals surface area contributed by atoms with Crippen molar-refractivity contribution in [3.8, 4) is 0 Å². The molecule has 114 valence electrons. The number of rotatable bonds is 3. The van der Waals surface area contributed by atoms with E-state index in [0.29, 0.717) is 26.2 Å². The Bertz CT molecular complexity index is 766. The number of nitrogens with one attached hydrogen (secondary N) is 1. The molecule has 0 bridgehead atoms. The number of fused-ring (bicyclic) bond motifs is 1. The van der Waals surface area contributed by atoms with Gasteiger partial charge in [0.15, 0.2) is 0 Å². The Morgan fingerprint density at radius 3 is 2.45 bits per heavy atom. The molecule has 0 unspecified atom stereocenters. The zero-order valence-corrected chi connectivity index (χ0v) is 13.7. The first-order valence-corrected chi connectivity index (χ1v) is 8.24. The summed E-state index contributed by atoms with van der Waals surface area (Å²) in [5.74, 6) is -0.884. The first-order valence-electron chi connectivity index (χ1n) is 6.67. The quantitative estimate of drug-likeness (QED) is 0.877. The monoisotopic (exact) mass is 354 g/mol. The molecule has 0 saturated heterocycles. The smallest absolute Gasteiger partial charge is 0.256 e. The van der Waals surface area contributed by atoms with E-state index in [0.717, 1.165) is 29.7 Å². The summed E-state index contributed by atoms with van der Waals surface area (Å²) in [6.45, 7) is 0. The number of primary amides is 1. The van der Waals surface area contributed by atoms with Crippen LogP contribution in [0.1, 0.15) is 37.6 Å². The lowest BCUT2D eigenvalue weighted by Crippen LogP contribution is -2.17. The second-order valence-corrected chi connectivity index (χ2v) is 7.02. The Labute approximate surface area is 141 Å². The van der Waals surface area contributed by atoms with Crippen molar-refractivity contribution in [3.05, 3.63) is 49.8 Å². The van der Waals surface area contributed by atoms with Gasteiger partial charge in [0, 0.05) is 20.5 Å². The van der Waals surface area contributed by atoms with Gasteiger partial charge in [0.1, 0.15) is 5.00 Å². The van der Waals surface area contributed by atoms with Gasteiger partial charge >= 0.3 is 0 Å². The van der Waals surface area contributed by atoms with Gasteiger partial charge < -0.3 is 11.1 Å². The standard InChI is InChI=1S/C15H12Cl2N2O2S/c16-8-4-7(5-9(17)6-8)14(21)19-15-12(13(18)20)10-2-1-3-11(10)22-15/h4-6H,1-3H2,(H2,18,20)(H,19,21). The molecule has 0 saturated carbocycles. The molecule has 1 heterocycles. The highest BCUT2D eigenvalue weighted by Crippen LogP contribution is 2.39. The van der Waals surface area contributed by atoms with Crippen LogP contribution in [0.5, 0.6) is 0 Å². The molecule has 1 aliphatic rings. The Morgan fingerprint density at radius 2 is 1.82 bits per heavy atom. The Morgan fingerprint density at radius 1 is 1.14 bits per heavy atom. The summed E-state index contributed by atoms with van der Waals surface area (Å²) in [6, 6.07) is 4.59. The fourth-order valence-corrected chi connectivity index (χ4v) is 4.43. The van der Waals surface area contributed by atoms with Crippen LogP contribution in [-0.2, 0) is 12.8 Å². The van der Waals surface area contributed by atoms with Crippen molar-refractivity contribution in [3.63, 3.8) is 0 Å². The van der Waals surface area contributed by atoms with Crippen molar-refractivity contribution in [2.24, 2.45) is 5.73 Å². The predicted molar refractivity (Wildman–Crippen MR) is 89.3 cm³/mol. The van der Waals surface area contributed by atoms with Crippen LogP contribution in [0.4, 0.5) is 5.00 Å². The number of benzene rings is 1. The van der Waals surface area contributed by atoms with Gasteiger partial charge in [-0.25, -0.2) is 0 Å². The number of thiophene rings is 1. The van der Waals surface area contributed by atoms with E-state index >= 15 is 0 Å². The SMILES string of the molecule is NC(=O)c1c(NC(=O)c2cc(Cl)cc(Cl)c2)sc2c1CCC2. The van der Waals surface area contributed by atoms with E-state index in [1.807, 2.05) is 0 Å². The maximum Gasteiger partial charge on any atom is 0.256 e. The molecule has 1 aliphatic carbocycles. The minimum Gasteiger partial charge on any atom is -0.365 e. The van der Waals surface area contributed by atoms with Crippen LogP contribution in [0, 0.1) is 0 Å². The van der Waals surface area contributed by atoms with Crippen LogP contribution in [0.25, 0.3) is 0 Å². The molecule has 2 aromatic rings. The molecule has 22 heavy (non-hydrogen) atoms. The van der Waals surface area contributed by atoms with E-state index in [-0.39, 0.29) is 5.91 Å². The third-order valence-corrected chi connectivity index (χ3v) is 5.16. The van der Waals surface area contributed by atoms with Crippen molar-refractivity contribution < 1.29 is 9.59 Å². The molecular weight excluding hydrogens is 343 g/mol. The van der Waals surface area contributed by atoms with Gasteiger partial charge in [-0.2, -0.15) is 0 Å². The minimum absolute atomic E-state index is 0.335. The van der Waals surface area contributed by atoms with Crippen molar-refractivity contribution >= 4 is 51.4 Å². The van der Waals surface area contributed by atoms with Crippen LogP contribution >= 0.6 is 34.5 Å². The molecule has 0 atom stereocenters. The van der Waals surface area contributed by atoms with E-state index in [2.05, 4.69) is 5.32 Å². The zero-order valence-electron chi connectivity index (χ0n) is 11.4. The Balaban J connectivity index is 1.93. The average molecular weight is 355 g/mol. The summed E-state index contributed by atoms with van der Waals surface area (Å²) in [4.78, 5) is 25.2. The highest BCUT2D eigenvalue weighted by molar-refractivity contribution is 7.17. The lowest BCUT2D eigenvalue weighted by Gasteiger charge is -2.07. The number of amides is 2. The molecule has 3 N–H and O–H groups in total. The molecule has 3 rings (SSSR count). The summed E-state index contributed by atoms with van der Waals surface area (Å²) >= 11 is 13.2. The number of carbonyl (C=O) groups excluding carboxylic acids is 2. The molecule has 0 spiro atoms. The van der Waals surface area contributed by atoms with Gasteiger partial charge in [0.25, 0.3) is 11.8 Å². The zero-order chi connectivity index (χ0) is 15.9. The normalized spacial score (nSPS) is 13.0. The molecule has 2 amide bonds. The predicted octanol–water partition coefficient (Wildman–Crippen LogP) is 3.89. The average Bonchev–Trinajstić information content (AvgIpc) is 2.96. The van der Waals surface area contributed by atoms with E-state index in [1.54, 1.807) is 6.07 Å². The third-order valence-electron chi connectivity index (χ3n) is 3.52. The number of aryl methyl sites for hydroxylation is 1. The lowest BCUT2D eigenvalue weighted by atomic mass is 10.1. The highest BCUT2D eigenvalue weighted by Gasteiger charge is 2.26. The van der Waals surface area contributed by atoms with E-state index < -0.39 is 5.91 Å². The van der Waals surface area contributed by atoms with Gasteiger partial charge in [-0.15, -0.1) is 11.3 Å². The van der Waals surface area contributed by atoms with Crippen LogP contribution in [-0.4, -0.2) is 11.8 Å². The summed E-state index contributed by atoms with van der Waals surface area (Å²) in [5, 5.41) is 4.00. The number of anilines is 1. The molecule has 7 heteroatoms. The third kappa shape index (κ3) is 2.84. The molecule has 1 aromatic carbocycles. The summed E-state index contributed by atoms with van der Waals surface area (Å²) in [7, 11) is 0. The fourth-order valence-electron chi connectivity index (χ4n) is 2.61. The summed E-state index contributed by atoms with van der Waals surface area (Å²) in [5.41, 5.74) is 7.20. The van der Waals surface area contributed by atoms with Gasteiger partial charge in [-0.05, 0) is 43.0 Å². The number of nitrogens with two attached hydrogens (primary N) is 1. The van der Waals surface area contributed by atoms with Crippen LogP contribution in [0.15, 0.2) is 18.2 Å². The van der Waals surface area contributed by atoms with Gasteiger partial charge in [0.2, 0.25) is 0 Å². The number of hydrogen-bond acceptors (Lipinski definition) is 3. The minimum atomic E-state index is -0.515. The van der Waals surface area contributed by atoms with Crippen LogP contribution in [0.2, 0.25) is 10.0 Å². The van der Waals surface area contributed by atoms with Gasteiger partial charge in [-0.1, -0.05) is 23.2 Å². The van der Waals surface area contributed by atoms with E-state index in [1.165, 1.54) is 23.5 Å². The number of halogens is 2. The van der Waals surface area contributed by atoms with Crippen molar-refractivity contribution in [1.82, 2.24) is 0 Å². The molecule has 4 nitrogen and oxygen atoms in total. The topological polar surface area (TPSA) is 72.2 Å². The van der Waals surface area contributed by atoms with E-state index in [4.69, 9.17) is 28.9 Å². The molecule has 0 aliphatic heterocycles. The van der Waals surface area contributed by atoms with Gasteiger partial charge in [-0.3, -0.25) is 9.59 Å². The molecular formula is C15H12Cl2N2O2S.